The van der Waals surface area contributed by atoms with E-state index in [9.17, 15) is 4.79 Å². The molecule has 0 fully saturated rings. The van der Waals surface area contributed by atoms with Crippen LogP contribution in [0.2, 0.25) is 0 Å². The van der Waals surface area contributed by atoms with Gasteiger partial charge in [-0.3, -0.25) is 0 Å². The zero-order chi connectivity index (χ0) is 7.28. The SMILES string of the molecule is C[C@@H](CC#N)NC(=O)O. The number of nitriles is 1. The Morgan fingerprint density at radius 1 is 2.00 bits per heavy atom. The summed E-state index contributed by atoms with van der Waals surface area (Å²) in [5.41, 5.74) is 0. The first kappa shape index (κ1) is 7.76. The van der Waals surface area contributed by atoms with Crippen molar-refractivity contribution < 1.29 is 9.90 Å². The van der Waals surface area contributed by atoms with E-state index in [0.717, 1.165) is 0 Å². The minimum atomic E-state index is -1.09. The maximum Gasteiger partial charge on any atom is 0.404 e. The Morgan fingerprint density at radius 3 is 2.89 bits per heavy atom. The molecule has 0 bridgehead atoms. The van der Waals surface area contributed by atoms with E-state index in [2.05, 4.69) is 5.32 Å². The van der Waals surface area contributed by atoms with Crippen LogP contribution in [0.15, 0.2) is 0 Å². The van der Waals surface area contributed by atoms with Crippen molar-refractivity contribution in [3.63, 3.8) is 0 Å². The highest BCUT2D eigenvalue weighted by atomic mass is 16.4. The van der Waals surface area contributed by atoms with Crippen LogP contribution in [0, 0.1) is 11.3 Å². The van der Waals surface area contributed by atoms with Crippen molar-refractivity contribution in [3.05, 3.63) is 0 Å². The summed E-state index contributed by atoms with van der Waals surface area (Å²) in [6, 6.07) is 1.58. The van der Waals surface area contributed by atoms with Gasteiger partial charge in [0.15, 0.2) is 0 Å². The molecule has 0 unspecified atom stereocenters. The maximum absolute atomic E-state index is 9.86. The fourth-order valence-electron chi connectivity index (χ4n) is 0.399. The quantitative estimate of drug-likeness (QED) is 0.570. The molecule has 0 rings (SSSR count). The molecule has 0 aromatic carbocycles. The van der Waals surface area contributed by atoms with Gasteiger partial charge in [0.2, 0.25) is 0 Å². The van der Waals surface area contributed by atoms with Crippen LogP contribution in [0.3, 0.4) is 0 Å². The smallest absolute Gasteiger partial charge is 0.404 e. The molecule has 0 saturated carbocycles. The van der Waals surface area contributed by atoms with Crippen LogP contribution < -0.4 is 5.32 Å². The lowest BCUT2D eigenvalue weighted by Gasteiger charge is -2.04. The molecule has 1 amide bonds. The van der Waals surface area contributed by atoms with Gasteiger partial charge >= 0.3 is 6.09 Å². The van der Waals surface area contributed by atoms with Crippen LogP contribution in [0.25, 0.3) is 0 Å². The largest absolute Gasteiger partial charge is 0.465 e. The van der Waals surface area contributed by atoms with E-state index in [1.165, 1.54) is 0 Å². The van der Waals surface area contributed by atoms with Gasteiger partial charge in [-0.1, -0.05) is 0 Å². The van der Waals surface area contributed by atoms with E-state index in [1.54, 1.807) is 6.92 Å². The molecule has 1 atom stereocenters. The standard InChI is InChI=1S/C5H8N2O2/c1-4(2-3-6)7-5(8)9/h4,7H,2H2,1H3,(H,8,9)/t4-/m0/s1. The van der Waals surface area contributed by atoms with E-state index < -0.39 is 6.09 Å². The van der Waals surface area contributed by atoms with Crippen LogP contribution in [0.1, 0.15) is 13.3 Å². The third kappa shape index (κ3) is 4.62. The predicted molar refractivity (Wildman–Crippen MR) is 30.9 cm³/mol. The molecule has 0 aromatic heterocycles. The molecule has 4 nitrogen and oxygen atoms in total. The summed E-state index contributed by atoms with van der Waals surface area (Å²) >= 11 is 0. The first-order valence-electron chi connectivity index (χ1n) is 2.53. The average molecular weight is 128 g/mol. The van der Waals surface area contributed by atoms with Crippen molar-refractivity contribution in [2.24, 2.45) is 0 Å². The van der Waals surface area contributed by atoms with Crippen molar-refractivity contribution in [2.45, 2.75) is 19.4 Å². The normalized spacial score (nSPS) is 11.6. The number of nitrogens with zero attached hydrogens (tertiary/aromatic N) is 1. The summed E-state index contributed by atoms with van der Waals surface area (Å²) in [6.07, 6.45) is -0.871. The van der Waals surface area contributed by atoms with E-state index in [0.29, 0.717) is 0 Å². The van der Waals surface area contributed by atoms with Gasteiger partial charge < -0.3 is 10.4 Å². The van der Waals surface area contributed by atoms with Gasteiger partial charge in [-0.25, -0.2) is 4.79 Å². The fraction of sp³-hybridized carbons (Fsp3) is 0.600. The van der Waals surface area contributed by atoms with Gasteiger partial charge in [0.1, 0.15) is 0 Å². The summed E-state index contributed by atoms with van der Waals surface area (Å²) in [5.74, 6) is 0. The fourth-order valence-corrected chi connectivity index (χ4v) is 0.399. The van der Waals surface area contributed by atoms with Crippen LogP contribution in [0.4, 0.5) is 4.79 Å². The van der Waals surface area contributed by atoms with Crippen molar-refractivity contribution in [1.29, 1.82) is 5.26 Å². The van der Waals surface area contributed by atoms with E-state index in [1.807, 2.05) is 6.07 Å². The minimum Gasteiger partial charge on any atom is -0.465 e. The van der Waals surface area contributed by atoms with Gasteiger partial charge in [0.25, 0.3) is 0 Å². The molecule has 0 aliphatic carbocycles. The molecule has 0 aromatic rings. The Morgan fingerprint density at radius 2 is 2.56 bits per heavy atom. The summed E-state index contributed by atoms with van der Waals surface area (Å²) in [5, 5.41) is 18.3. The number of amides is 1. The second kappa shape index (κ2) is 3.72. The summed E-state index contributed by atoms with van der Waals surface area (Å²) in [7, 11) is 0. The van der Waals surface area contributed by atoms with Crippen LogP contribution in [-0.2, 0) is 0 Å². The first-order valence-corrected chi connectivity index (χ1v) is 2.53. The number of carboxylic acid groups (broad SMARTS) is 1. The van der Waals surface area contributed by atoms with E-state index in [-0.39, 0.29) is 12.5 Å². The van der Waals surface area contributed by atoms with Crippen molar-refractivity contribution in [2.75, 3.05) is 0 Å². The van der Waals surface area contributed by atoms with Crippen molar-refractivity contribution in [3.8, 4) is 6.07 Å². The predicted octanol–water partition coefficient (Wildman–Crippen LogP) is 0.556. The highest BCUT2D eigenvalue weighted by molar-refractivity contribution is 5.64. The Bertz CT molecular complexity index is 138. The monoisotopic (exact) mass is 128 g/mol. The van der Waals surface area contributed by atoms with Crippen LogP contribution in [0.5, 0.6) is 0 Å². The second-order valence-corrected chi connectivity index (χ2v) is 1.71. The molecule has 0 spiro atoms. The highest BCUT2D eigenvalue weighted by Crippen LogP contribution is 1.85. The highest BCUT2D eigenvalue weighted by Gasteiger charge is 2.01. The van der Waals surface area contributed by atoms with Crippen molar-refractivity contribution in [1.82, 2.24) is 5.32 Å². The van der Waals surface area contributed by atoms with Crippen LogP contribution in [-0.4, -0.2) is 17.2 Å². The third-order valence-electron chi connectivity index (χ3n) is 0.767. The Labute approximate surface area is 53.1 Å². The zero-order valence-electron chi connectivity index (χ0n) is 5.09. The summed E-state index contributed by atoms with van der Waals surface area (Å²) in [4.78, 5) is 9.86. The maximum atomic E-state index is 9.86. The van der Waals surface area contributed by atoms with E-state index >= 15 is 0 Å². The number of rotatable bonds is 2. The molecule has 2 N–H and O–H groups in total. The average Bonchev–Trinajstić information content (AvgIpc) is 1.63. The molecule has 50 valence electrons. The molecule has 0 saturated heterocycles. The molecule has 0 aliphatic heterocycles. The number of hydrogen-bond acceptors (Lipinski definition) is 2. The lowest BCUT2D eigenvalue weighted by atomic mass is 10.3. The van der Waals surface area contributed by atoms with Gasteiger partial charge in [-0.2, -0.15) is 5.26 Å². The second-order valence-electron chi connectivity index (χ2n) is 1.71. The topological polar surface area (TPSA) is 73.1 Å². The Kier molecular flexibility index (Phi) is 3.21. The van der Waals surface area contributed by atoms with Gasteiger partial charge in [-0.05, 0) is 6.92 Å². The summed E-state index contributed by atoms with van der Waals surface area (Å²) in [6.45, 7) is 1.64. The number of nitrogens with one attached hydrogen (secondary N) is 1. The lowest BCUT2D eigenvalue weighted by molar-refractivity contribution is 0.191. The number of carbonyl (C=O) groups is 1. The van der Waals surface area contributed by atoms with Gasteiger partial charge in [0, 0.05) is 6.04 Å². The lowest BCUT2D eigenvalue weighted by Crippen LogP contribution is -2.30. The van der Waals surface area contributed by atoms with Crippen molar-refractivity contribution >= 4 is 6.09 Å². The summed E-state index contributed by atoms with van der Waals surface area (Å²) < 4.78 is 0. The Hall–Kier alpha value is -1.24. The minimum absolute atomic E-state index is 0.215. The van der Waals surface area contributed by atoms with Crippen LogP contribution >= 0.6 is 0 Å². The third-order valence-corrected chi connectivity index (χ3v) is 0.767. The molecule has 9 heavy (non-hydrogen) atoms. The zero-order valence-corrected chi connectivity index (χ0v) is 5.09. The molecule has 0 aliphatic rings. The number of hydrogen-bond donors (Lipinski definition) is 2. The Balaban J connectivity index is 3.40. The van der Waals surface area contributed by atoms with Gasteiger partial charge in [0.05, 0.1) is 12.5 Å². The molecular weight excluding hydrogens is 120 g/mol. The molecule has 0 radical (unpaired) electrons. The van der Waals surface area contributed by atoms with Gasteiger partial charge in [-0.15, -0.1) is 0 Å². The molecule has 0 heterocycles. The molecular formula is C5H8N2O2. The first-order chi connectivity index (χ1) is 4.16. The van der Waals surface area contributed by atoms with E-state index in [4.69, 9.17) is 10.4 Å². The molecule has 4 heteroatoms.